The van der Waals surface area contributed by atoms with Gasteiger partial charge in [0, 0.05) is 22.6 Å². The van der Waals surface area contributed by atoms with E-state index in [2.05, 4.69) is 21.2 Å². The van der Waals surface area contributed by atoms with Gasteiger partial charge in [0.05, 0.1) is 6.10 Å². The van der Waals surface area contributed by atoms with Crippen molar-refractivity contribution < 1.29 is 9.53 Å². The Bertz CT molecular complexity index is 408. The predicted octanol–water partition coefficient (Wildman–Crippen LogP) is 2.91. The molecule has 0 aliphatic heterocycles. The van der Waals surface area contributed by atoms with Gasteiger partial charge >= 0.3 is 0 Å². The fraction of sp³-hybridized carbons (Fsp3) is 0.462. The third-order valence-corrected chi connectivity index (χ3v) is 2.59. The monoisotopic (exact) mass is 314 g/mol. The molecular formula is C13H19BrN2O2. The summed E-state index contributed by atoms with van der Waals surface area (Å²) >= 11 is 3.39. The largest absolute Gasteiger partial charge is 0.491 e. The summed E-state index contributed by atoms with van der Waals surface area (Å²) in [5.41, 5.74) is 6.09. The van der Waals surface area contributed by atoms with E-state index < -0.39 is 0 Å². The first-order valence-electron chi connectivity index (χ1n) is 5.98. The molecule has 5 heteroatoms. The van der Waals surface area contributed by atoms with Crippen molar-refractivity contribution in [3.8, 4) is 5.75 Å². The van der Waals surface area contributed by atoms with Gasteiger partial charge in [-0.2, -0.15) is 0 Å². The lowest BCUT2D eigenvalue weighted by atomic mass is 10.2. The zero-order chi connectivity index (χ0) is 13.5. The van der Waals surface area contributed by atoms with E-state index in [1.165, 1.54) is 0 Å². The lowest BCUT2D eigenvalue weighted by molar-refractivity contribution is -0.116. The Morgan fingerprint density at radius 1 is 1.44 bits per heavy atom. The van der Waals surface area contributed by atoms with Gasteiger partial charge in [0.1, 0.15) is 5.75 Å². The molecule has 0 saturated carbocycles. The van der Waals surface area contributed by atoms with E-state index >= 15 is 0 Å². The molecule has 0 saturated heterocycles. The maximum Gasteiger partial charge on any atom is 0.224 e. The van der Waals surface area contributed by atoms with Gasteiger partial charge in [0.15, 0.2) is 0 Å². The number of hydrogen-bond donors (Lipinski definition) is 2. The number of halogens is 1. The molecule has 100 valence electrons. The van der Waals surface area contributed by atoms with Crippen LogP contribution >= 0.6 is 15.9 Å². The molecule has 0 atom stereocenters. The third kappa shape index (κ3) is 5.51. The minimum Gasteiger partial charge on any atom is -0.491 e. The standard InChI is InChI=1S/C13H19BrN2O2/c1-9(2)18-12-7-10(14)6-11(8-12)16-13(17)4-3-5-15/h6-9H,3-5,15H2,1-2H3,(H,16,17). The molecule has 0 aromatic heterocycles. The van der Waals surface area contributed by atoms with Gasteiger partial charge in [-0.25, -0.2) is 0 Å². The SMILES string of the molecule is CC(C)Oc1cc(Br)cc(NC(=O)CCCN)c1. The lowest BCUT2D eigenvalue weighted by Gasteiger charge is -2.12. The van der Waals surface area contributed by atoms with Gasteiger partial charge in [-0.15, -0.1) is 0 Å². The van der Waals surface area contributed by atoms with Gasteiger partial charge in [0.25, 0.3) is 0 Å². The number of carbonyl (C=O) groups excluding carboxylic acids is 1. The average molecular weight is 315 g/mol. The number of nitrogens with two attached hydrogens (primary N) is 1. The molecule has 1 aromatic rings. The van der Waals surface area contributed by atoms with Crippen LogP contribution in [0.3, 0.4) is 0 Å². The number of nitrogens with one attached hydrogen (secondary N) is 1. The van der Waals surface area contributed by atoms with E-state index in [1.807, 2.05) is 32.0 Å². The van der Waals surface area contributed by atoms with Crippen LogP contribution in [0.5, 0.6) is 5.75 Å². The van der Waals surface area contributed by atoms with E-state index in [1.54, 1.807) is 0 Å². The Morgan fingerprint density at radius 3 is 2.78 bits per heavy atom. The molecule has 1 rings (SSSR count). The summed E-state index contributed by atoms with van der Waals surface area (Å²) < 4.78 is 6.47. The van der Waals surface area contributed by atoms with Gasteiger partial charge in [0.2, 0.25) is 5.91 Å². The molecule has 0 bridgehead atoms. The van der Waals surface area contributed by atoms with Crippen LogP contribution in [0.4, 0.5) is 5.69 Å². The molecule has 1 aromatic carbocycles. The molecule has 4 nitrogen and oxygen atoms in total. The second-order valence-corrected chi connectivity index (χ2v) is 5.20. The number of rotatable bonds is 6. The van der Waals surface area contributed by atoms with Crippen LogP contribution in [0.15, 0.2) is 22.7 Å². The zero-order valence-electron chi connectivity index (χ0n) is 10.7. The minimum atomic E-state index is -0.0333. The summed E-state index contributed by atoms with van der Waals surface area (Å²) in [4.78, 5) is 11.6. The van der Waals surface area contributed by atoms with Crippen LogP contribution in [0, 0.1) is 0 Å². The molecule has 18 heavy (non-hydrogen) atoms. The first-order valence-corrected chi connectivity index (χ1v) is 6.77. The van der Waals surface area contributed by atoms with E-state index in [4.69, 9.17) is 10.5 Å². The van der Waals surface area contributed by atoms with Gasteiger partial charge < -0.3 is 15.8 Å². The second-order valence-electron chi connectivity index (χ2n) is 4.28. The Labute approximate surface area is 116 Å². The second kappa shape index (κ2) is 7.38. The van der Waals surface area contributed by atoms with Crippen molar-refractivity contribution in [1.82, 2.24) is 0 Å². The number of amides is 1. The number of hydrogen-bond acceptors (Lipinski definition) is 3. The Kier molecular flexibility index (Phi) is 6.15. The fourth-order valence-corrected chi connectivity index (χ4v) is 1.93. The van der Waals surface area contributed by atoms with Crippen LogP contribution < -0.4 is 15.8 Å². The first-order chi connectivity index (χ1) is 8.51. The van der Waals surface area contributed by atoms with Crippen molar-refractivity contribution in [1.29, 1.82) is 0 Å². The molecule has 3 N–H and O–H groups in total. The molecule has 0 fully saturated rings. The topological polar surface area (TPSA) is 64.3 Å². The summed E-state index contributed by atoms with van der Waals surface area (Å²) in [6.07, 6.45) is 1.22. The summed E-state index contributed by atoms with van der Waals surface area (Å²) in [7, 11) is 0. The van der Waals surface area contributed by atoms with E-state index in [9.17, 15) is 4.79 Å². The highest BCUT2D eigenvalue weighted by Gasteiger charge is 2.06. The summed E-state index contributed by atoms with van der Waals surface area (Å²) in [5, 5.41) is 2.83. The van der Waals surface area contributed by atoms with Crippen LogP contribution in [0.2, 0.25) is 0 Å². The molecular weight excluding hydrogens is 296 g/mol. The molecule has 1 amide bonds. The summed E-state index contributed by atoms with van der Waals surface area (Å²) in [6, 6.07) is 5.52. The van der Waals surface area contributed by atoms with E-state index in [0.29, 0.717) is 19.4 Å². The van der Waals surface area contributed by atoms with Crippen molar-refractivity contribution in [3.05, 3.63) is 22.7 Å². The molecule has 0 aliphatic rings. The van der Waals surface area contributed by atoms with Crippen molar-refractivity contribution in [2.45, 2.75) is 32.8 Å². The molecule has 0 aliphatic carbocycles. The van der Waals surface area contributed by atoms with Crippen molar-refractivity contribution in [2.24, 2.45) is 5.73 Å². The number of benzene rings is 1. The van der Waals surface area contributed by atoms with Gasteiger partial charge in [-0.05, 0) is 38.9 Å². The van der Waals surface area contributed by atoms with E-state index in [0.717, 1.165) is 15.9 Å². The van der Waals surface area contributed by atoms with Crippen molar-refractivity contribution in [2.75, 3.05) is 11.9 Å². The van der Waals surface area contributed by atoms with Gasteiger partial charge in [-0.3, -0.25) is 4.79 Å². The number of ether oxygens (including phenoxy) is 1. The highest BCUT2D eigenvalue weighted by Crippen LogP contribution is 2.25. The first kappa shape index (κ1) is 15.0. The third-order valence-electron chi connectivity index (χ3n) is 2.13. The lowest BCUT2D eigenvalue weighted by Crippen LogP contribution is -2.13. The smallest absolute Gasteiger partial charge is 0.224 e. The normalized spacial score (nSPS) is 10.5. The highest BCUT2D eigenvalue weighted by molar-refractivity contribution is 9.10. The Morgan fingerprint density at radius 2 is 2.17 bits per heavy atom. The van der Waals surface area contributed by atoms with E-state index in [-0.39, 0.29) is 12.0 Å². The molecule has 0 spiro atoms. The summed E-state index contributed by atoms with van der Waals surface area (Å²) in [5.74, 6) is 0.697. The Balaban J connectivity index is 2.70. The molecule has 0 heterocycles. The van der Waals surface area contributed by atoms with Crippen molar-refractivity contribution in [3.63, 3.8) is 0 Å². The maximum atomic E-state index is 11.6. The Hall–Kier alpha value is -1.07. The highest BCUT2D eigenvalue weighted by atomic mass is 79.9. The fourth-order valence-electron chi connectivity index (χ4n) is 1.46. The average Bonchev–Trinajstić information content (AvgIpc) is 2.24. The molecule has 0 unspecified atom stereocenters. The number of carbonyl (C=O) groups is 1. The predicted molar refractivity (Wildman–Crippen MR) is 76.8 cm³/mol. The van der Waals surface area contributed by atoms with Crippen LogP contribution in [0.1, 0.15) is 26.7 Å². The van der Waals surface area contributed by atoms with Crippen LogP contribution in [0.25, 0.3) is 0 Å². The number of anilines is 1. The molecule has 0 radical (unpaired) electrons. The van der Waals surface area contributed by atoms with Crippen LogP contribution in [-0.2, 0) is 4.79 Å². The minimum absolute atomic E-state index is 0.0333. The maximum absolute atomic E-state index is 11.6. The van der Waals surface area contributed by atoms with Gasteiger partial charge in [-0.1, -0.05) is 15.9 Å². The quantitative estimate of drug-likeness (QED) is 0.848. The van der Waals surface area contributed by atoms with Crippen molar-refractivity contribution >= 4 is 27.5 Å². The summed E-state index contributed by atoms with van der Waals surface area (Å²) in [6.45, 7) is 4.44. The zero-order valence-corrected chi connectivity index (χ0v) is 12.3. The van der Waals surface area contributed by atoms with Crippen LogP contribution in [-0.4, -0.2) is 18.6 Å².